The number of rotatable bonds is 3. The Bertz CT molecular complexity index is 328. The van der Waals surface area contributed by atoms with Crippen LogP contribution in [-0.2, 0) is 9.53 Å². The van der Waals surface area contributed by atoms with Crippen LogP contribution in [0.4, 0.5) is 4.79 Å². The lowest BCUT2D eigenvalue weighted by molar-refractivity contribution is -0.141. The average molecular weight is 256 g/mol. The lowest BCUT2D eigenvalue weighted by Gasteiger charge is -2.28. The first kappa shape index (κ1) is 13.1. The van der Waals surface area contributed by atoms with Gasteiger partial charge in [0.15, 0.2) is 0 Å². The minimum absolute atomic E-state index is 0.102. The van der Waals surface area contributed by atoms with Crippen LogP contribution in [-0.4, -0.2) is 65.8 Å². The molecule has 18 heavy (non-hydrogen) atoms. The molecule has 0 aliphatic carbocycles. The summed E-state index contributed by atoms with van der Waals surface area (Å²) in [5.74, 6) is -0.911. The van der Waals surface area contributed by atoms with Gasteiger partial charge in [0.1, 0.15) is 6.04 Å². The Kier molecular flexibility index (Phi) is 4.06. The van der Waals surface area contributed by atoms with Crippen LogP contribution in [0.15, 0.2) is 0 Å². The minimum Gasteiger partial charge on any atom is -0.480 e. The van der Waals surface area contributed by atoms with Crippen molar-refractivity contribution in [1.82, 2.24) is 9.80 Å². The van der Waals surface area contributed by atoms with E-state index in [1.807, 2.05) is 0 Å². The summed E-state index contributed by atoms with van der Waals surface area (Å²) >= 11 is 0. The van der Waals surface area contributed by atoms with Crippen LogP contribution in [0, 0.1) is 0 Å². The fourth-order valence-corrected chi connectivity index (χ4v) is 2.64. The number of carboxylic acid groups (broad SMARTS) is 1. The van der Waals surface area contributed by atoms with Crippen molar-refractivity contribution in [2.45, 2.75) is 37.8 Å². The van der Waals surface area contributed by atoms with E-state index in [-0.39, 0.29) is 12.1 Å². The lowest BCUT2D eigenvalue weighted by Crippen LogP contribution is -2.48. The first-order valence-corrected chi connectivity index (χ1v) is 6.45. The number of carbonyl (C=O) groups is 2. The van der Waals surface area contributed by atoms with Gasteiger partial charge in [-0.1, -0.05) is 0 Å². The van der Waals surface area contributed by atoms with Gasteiger partial charge in [-0.05, 0) is 25.7 Å². The van der Waals surface area contributed by atoms with E-state index in [2.05, 4.69) is 0 Å². The molecule has 1 unspecified atom stereocenters. The molecule has 2 saturated heterocycles. The summed E-state index contributed by atoms with van der Waals surface area (Å²) in [6, 6.07) is -0.861. The number of carboxylic acids is 1. The zero-order valence-corrected chi connectivity index (χ0v) is 10.7. The van der Waals surface area contributed by atoms with Gasteiger partial charge in [-0.3, -0.25) is 0 Å². The molecule has 2 heterocycles. The molecule has 2 aliphatic heterocycles. The van der Waals surface area contributed by atoms with E-state index in [1.54, 1.807) is 11.9 Å². The van der Waals surface area contributed by atoms with Gasteiger partial charge in [0.05, 0.1) is 6.10 Å². The monoisotopic (exact) mass is 256 g/mol. The Hall–Kier alpha value is -1.30. The zero-order chi connectivity index (χ0) is 13.1. The molecule has 6 nitrogen and oxygen atoms in total. The molecule has 102 valence electrons. The quantitative estimate of drug-likeness (QED) is 0.809. The van der Waals surface area contributed by atoms with Gasteiger partial charge in [0.25, 0.3) is 0 Å². The lowest BCUT2D eigenvalue weighted by atomic mass is 10.2. The third-order valence-corrected chi connectivity index (χ3v) is 3.61. The highest BCUT2D eigenvalue weighted by Gasteiger charge is 2.35. The van der Waals surface area contributed by atoms with Crippen molar-refractivity contribution in [1.29, 1.82) is 0 Å². The predicted octanol–water partition coefficient (Wildman–Crippen LogP) is 0.766. The third kappa shape index (κ3) is 2.75. The van der Waals surface area contributed by atoms with E-state index in [4.69, 9.17) is 9.84 Å². The summed E-state index contributed by atoms with van der Waals surface area (Å²) in [5, 5.41) is 9.06. The molecule has 0 aromatic heterocycles. The van der Waals surface area contributed by atoms with Crippen LogP contribution in [0.3, 0.4) is 0 Å². The second-order valence-electron chi connectivity index (χ2n) is 4.99. The summed E-state index contributed by atoms with van der Waals surface area (Å²) in [4.78, 5) is 26.3. The number of amides is 2. The van der Waals surface area contributed by atoms with Crippen LogP contribution >= 0.6 is 0 Å². The summed E-state index contributed by atoms with van der Waals surface area (Å²) in [5.41, 5.74) is 0. The van der Waals surface area contributed by atoms with Crippen molar-refractivity contribution in [3.8, 4) is 0 Å². The van der Waals surface area contributed by atoms with Crippen LogP contribution in [0.1, 0.15) is 25.7 Å². The van der Waals surface area contributed by atoms with Gasteiger partial charge in [-0.25, -0.2) is 9.59 Å². The molecule has 0 aromatic rings. The summed E-state index contributed by atoms with van der Waals surface area (Å²) < 4.78 is 5.48. The molecule has 2 aliphatic rings. The van der Waals surface area contributed by atoms with Gasteiger partial charge < -0.3 is 19.6 Å². The highest BCUT2D eigenvalue weighted by molar-refractivity contribution is 5.83. The van der Waals surface area contributed by atoms with Crippen molar-refractivity contribution < 1.29 is 19.4 Å². The highest BCUT2D eigenvalue weighted by Crippen LogP contribution is 2.20. The molecule has 2 atom stereocenters. The Balaban J connectivity index is 1.90. The Labute approximate surface area is 106 Å². The number of likely N-dealkylation sites (N-methyl/N-ethyl adjacent to an activating group) is 1. The van der Waals surface area contributed by atoms with E-state index >= 15 is 0 Å². The first-order valence-electron chi connectivity index (χ1n) is 6.45. The van der Waals surface area contributed by atoms with Gasteiger partial charge >= 0.3 is 12.0 Å². The molecule has 2 fully saturated rings. The topological polar surface area (TPSA) is 70.1 Å². The molecular weight excluding hydrogens is 236 g/mol. The van der Waals surface area contributed by atoms with Gasteiger partial charge in [0, 0.05) is 26.7 Å². The number of nitrogens with zero attached hydrogens (tertiary/aromatic N) is 2. The number of ether oxygens (including phenoxy) is 1. The average Bonchev–Trinajstić information content (AvgIpc) is 2.97. The fraction of sp³-hybridized carbons (Fsp3) is 0.833. The number of urea groups is 1. The highest BCUT2D eigenvalue weighted by atomic mass is 16.5. The largest absolute Gasteiger partial charge is 0.480 e. The number of hydrogen-bond donors (Lipinski definition) is 1. The molecule has 0 saturated carbocycles. The molecule has 6 heteroatoms. The van der Waals surface area contributed by atoms with Gasteiger partial charge in [-0.15, -0.1) is 0 Å². The molecule has 0 bridgehead atoms. The first-order chi connectivity index (χ1) is 8.59. The Morgan fingerprint density at radius 2 is 2.17 bits per heavy atom. The molecule has 2 amide bonds. The number of aliphatic carboxylic acids is 1. The Morgan fingerprint density at radius 3 is 2.78 bits per heavy atom. The predicted molar refractivity (Wildman–Crippen MR) is 64.4 cm³/mol. The number of likely N-dealkylation sites (tertiary alicyclic amines) is 1. The van der Waals surface area contributed by atoms with Crippen LogP contribution in [0.5, 0.6) is 0 Å². The second-order valence-corrected chi connectivity index (χ2v) is 4.99. The van der Waals surface area contributed by atoms with Crippen molar-refractivity contribution in [3.63, 3.8) is 0 Å². The molecular formula is C12H20N2O4. The number of carbonyl (C=O) groups excluding carboxylic acids is 1. The third-order valence-electron chi connectivity index (χ3n) is 3.61. The number of hydrogen-bond acceptors (Lipinski definition) is 3. The minimum atomic E-state index is -0.911. The summed E-state index contributed by atoms with van der Waals surface area (Å²) in [6.45, 7) is 1.83. The van der Waals surface area contributed by atoms with Crippen molar-refractivity contribution in [2.24, 2.45) is 0 Å². The fourth-order valence-electron chi connectivity index (χ4n) is 2.64. The second kappa shape index (κ2) is 5.56. The maximum absolute atomic E-state index is 12.2. The van der Waals surface area contributed by atoms with Crippen molar-refractivity contribution in [3.05, 3.63) is 0 Å². The molecule has 2 rings (SSSR count). The van der Waals surface area contributed by atoms with Crippen LogP contribution < -0.4 is 0 Å². The molecule has 0 radical (unpaired) electrons. The van der Waals surface area contributed by atoms with Gasteiger partial charge in [0.2, 0.25) is 0 Å². The van der Waals surface area contributed by atoms with Crippen LogP contribution in [0.25, 0.3) is 0 Å². The zero-order valence-electron chi connectivity index (χ0n) is 10.7. The summed E-state index contributed by atoms with van der Waals surface area (Å²) in [7, 11) is 1.71. The summed E-state index contributed by atoms with van der Waals surface area (Å²) in [6.07, 6.45) is 3.42. The van der Waals surface area contributed by atoms with E-state index in [1.165, 1.54) is 4.90 Å². The Morgan fingerprint density at radius 1 is 1.39 bits per heavy atom. The normalized spacial score (nSPS) is 27.5. The van der Waals surface area contributed by atoms with Gasteiger partial charge in [-0.2, -0.15) is 0 Å². The van der Waals surface area contributed by atoms with E-state index in [0.29, 0.717) is 19.5 Å². The molecule has 0 spiro atoms. The van der Waals surface area contributed by atoms with E-state index in [0.717, 1.165) is 25.9 Å². The molecule has 1 N–H and O–H groups in total. The maximum atomic E-state index is 12.2. The SMILES string of the molecule is CN(CC1CCCO1)C(=O)N1CCC[C@H]1C(=O)O. The molecule has 0 aromatic carbocycles. The van der Waals surface area contributed by atoms with Crippen molar-refractivity contribution in [2.75, 3.05) is 26.7 Å². The van der Waals surface area contributed by atoms with E-state index in [9.17, 15) is 9.59 Å². The van der Waals surface area contributed by atoms with E-state index < -0.39 is 12.0 Å². The van der Waals surface area contributed by atoms with Crippen LogP contribution in [0.2, 0.25) is 0 Å². The van der Waals surface area contributed by atoms with Crippen molar-refractivity contribution >= 4 is 12.0 Å². The standard InChI is InChI=1S/C12H20N2O4/c1-13(8-9-4-3-7-18-9)12(17)14-6-2-5-10(14)11(15)16/h9-10H,2-8H2,1H3,(H,15,16)/t9?,10-/m0/s1. The maximum Gasteiger partial charge on any atom is 0.326 e. The smallest absolute Gasteiger partial charge is 0.326 e.